The number of rotatable bonds is 3. The number of fused-ring (bicyclic) bond motifs is 1. The number of benzene rings is 1. The Labute approximate surface area is 159 Å². The van der Waals surface area contributed by atoms with Crippen LogP contribution in [0.2, 0.25) is 5.02 Å². The molecule has 1 aliphatic rings. The number of carboxylic acids is 1. The molecule has 1 aromatic carbocycles. The van der Waals surface area contributed by atoms with E-state index >= 15 is 0 Å². The van der Waals surface area contributed by atoms with E-state index in [-0.39, 0.29) is 22.0 Å². The van der Waals surface area contributed by atoms with Gasteiger partial charge in [0.25, 0.3) is 0 Å². The van der Waals surface area contributed by atoms with Crippen LogP contribution in [-0.2, 0) is 4.74 Å². The summed E-state index contributed by atoms with van der Waals surface area (Å²) >= 11 is 6.32. The molecule has 4 rings (SSSR count). The zero-order valence-electron chi connectivity index (χ0n) is 14.1. The molecule has 2 aromatic heterocycles. The molecule has 1 aliphatic heterocycles. The van der Waals surface area contributed by atoms with Gasteiger partial charge in [0.05, 0.1) is 18.2 Å². The van der Waals surface area contributed by atoms with Gasteiger partial charge in [-0.25, -0.2) is 19.7 Å². The second-order valence-electron chi connectivity index (χ2n) is 5.98. The molecule has 0 atom stereocenters. The van der Waals surface area contributed by atoms with Crippen molar-refractivity contribution in [2.24, 2.45) is 0 Å². The van der Waals surface area contributed by atoms with E-state index in [0.717, 1.165) is 0 Å². The Kier molecular flexibility index (Phi) is 4.51. The summed E-state index contributed by atoms with van der Waals surface area (Å²) in [7, 11) is 0. The molecule has 1 saturated heterocycles. The van der Waals surface area contributed by atoms with E-state index in [1.54, 1.807) is 18.2 Å². The van der Waals surface area contributed by atoms with Crippen molar-refractivity contribution in [3.63, 3.8) is 0 Å². The fourth-order valence-corrected chi connectivity index (χ4v) is 3.17. The van der Waals surface area contributed by atoms with Crippen LogP contribution >= 0.6 is 11.6 Å². The highest BCUT2D eigenvalue weighted by molar-refractivity contribution is 6.35. The van der Waals surface area contributed by atoms with Crippen molar-refractivity contribution in [2.75, 3.05) is 31.2 Å². The maximum Gasteiger partial charge on any atom is 0.354 e. The molecule has 0 amide bonds. The van der Waals surface area contributed by atoms with Crippen molar-refractivity contribution in [2.45, 2.75) is 0 Å². The molecule has 0 unspecified atom stereocenters. The largest absolute Gasteiger partial charge is 0.507 e. The highest BCUT2D eigenvalue weighted by Crippen LogP contribution is 2.35. The minimum Gasteiger partial charge on any atom is -0.507 e. The molecule has 138 valence electrons. The molecule has 0 radical (unpaired) electrons. The number of hydrogen-bond donors (Lipinski definition) is 2. The zero-order valence-corrected chi connectivity index (χ0v) is 14.8. The van der Waals surface area contributed by atoms with Gasteiger partial charge in [0, 0.05) is 18.7 Å². The van der Waals surface area contributed by atoms with Crippen molar-refractivity contribution >= 4 is 34.6 Å². The molecule has 8 nitrogen and oxygen atoms in total. The quantitative estimate of drug-likeness (QED) is 0.707. The number of phenolic OH excluding ortho intramolecular Hbond substituents is 1. The predicted octanol–water partition coefficient (Wildman–Crippen LogP) is 2.59. The normalized spacial score (nSPS) is 14.5. The van der Waals surface area contributed by atoms with Crippen LogP contribution in [0, 0.1) is 0 Å². The van der Waals surface area contributed by atoms with Gasteiger partial charge < -0.3 is 19.8 Å². The summed E-state index contributed by atoms with van der Waals surface area (Å²) in [6.07, 6.45) is 0. The average Bonchev–Trinajstić information content (AvgIpc) is 2.68. The summed E-state index contributed by atoms with van der Waals surface area (Å²) in [5.41, 5.74) is 1.08. The van der Waals surface area contributed by atoms with E-state index in [2.05, 4.69) is 15.0 Å². The maximum absolute atomic E-state index is 11.4. The number of aromatic carboxylic acids is 1. The van der Waals surface area contributed by atoms with E-state index in [4.69, 9.17) is 16.3 Å². The molecule has 0 aliphatic carbocycles. The van der Waals surface area contributed by atoms with Crippen molar-refractivity contribution in [1.29, 1.82) is 0 Å². The number of anilines is 1. The zero-order chi connectivity index (χ0) is 19.0. The highest BCUT2D eigenvalue weighted by Gasteiger charge is 2.22. The van der Waals surface area contributed by atoms with Gasteiger partial charge in [0.1, 0.15) is 22.5 Å². The first-order chi connectivity index (χ1) is 13.0. The number of para-hydroxylation sites is 1. The van der Waals surface area contributed by atoms with Crippen LogP contribution < -0.4 is 4.90 Å². The third-order valence-corrected chi connectivity index (χ3v) is 4.55. The minimum atomic E-state index is -1.21. The van der Waals surface area contributed by atoms with Crippen molar-refractivity contribution in [1.82, 2.24) is 15.0 Å². The van der Waals surface area contributed by atoms with E-state index < -0.39 is 5.97 Å². The molecule has 9 heteroatoms. The van der Waals surface area contributed by atoms with Gasteiger partial charge in [-0.2, -0.15) is 0 Å². The number of phenols is 1. The Balaban J connectivity index is 2.01. The van der Waals surface area contributed by atoms with Gasteiger partial charge >= 0.3 is 5.97 Å². The van der Waals surface area contributed by atoms with Crippen LogP contribution in [0.3, 0.4) is 0 Å². The summed E-state index contributed by atoms with van der Waals surface area (Å²) in [5, 5.41) is 19.8. The number of morpholine rings is 1. The maximum atomic E-state index is 11.4. The number of aromatic hydroxyl groups is 1. The van der Waals surface area contributed by atoms with Gasteiger partial charge in [0.2, 0.25) is 5.95 Å². The fourth-order valence-electron chi connectivity index (χ4n) is 2.93. The lowest BCUT2D eigenvalue weighted by molar-refractivity contribution is 0.0691. The summed E-state index contributed by atoms with van der Waals surface area (Å²) in [6.45, 7) is 2.34. The first-order valence-corrected chi connectivity index (χ1v) is 8.65. The number of nitrogens with zero attached hydrogens (tertiary/aromatic N) is 4. The first-order valence-electron chi connectivity index (χ1n) is 8.27. The number of carbonyl (C=O) groups is 1. The van der Waals surface area contributed by atoms with Crippen LogP contribution in [0.1, 0.15) is 10.5 Å². The molecule has 0 spiro atoms. The number of aromatic nitrogens is 3. The average molecular weight is 387 g/mol. The second kappa shape index (κ2) is 6.98. The second-order valence-corrected chi connectivity index (χ2v) is 6.39. The Morgan fingerprint density at radius 3 is 2.56 bits per heavy atom. The first kappa shape index (κ1) is 17.4. The minimum absolute atomic E-state index is 0.00378. The standard InChI is InChI=1S/C18H15ClN4O4/c19-11-9-12(17(25)26)20-16-14(10-3-1-2-4-13(10)24)21-18(22-15(11)16)23-5-7-27-8-6-23/h1-4,9,24H,5-8H2,(H,25,26). The van der Waals surface area contributed by atoms with E-state index in [0.29, 0.717) is 49.0 Å². The lowest BCUT2D eigenvalue weighted by atomic mass is 10.1. The number of ether oxygens (including phenoxy) is 1. The topological polar surface area (TPSA) is 109 Å². The van der Waals surface area contributed by atoms with Crippen LogP contribution in [-0.4, -0.2) is 57.4 Å². The predicted molar refractivity (Wildman–Crippen MR) is 99.4 cm³/mol. The van der Waals surface area contributed by atoms with Gasteiger partial charge in [-0.1, -0.05) is 23.7 Å². The Bertz CT molecular complexity index is 1040. The summed E-state index contributed by atoms with van der Waals surface area (Å²) in [5.74, 6) is -0.779. The number of hydrogen-bond acceptors (Lipinski definition) is 7. The van der Waals surface area contributed by atoms with Crippen molar-refractivity contribution in [3.05, 3.63) is 41.0 Å². The lowest BCUT2D eigenvalue weighted by Gasteiger charge is -2.27. The van der Waals surface area contributed by atoms with Crippen LogP contribution in [0.15, 0.2) is 30.3 Å². The van der Waals surface area contributed by atoms with E-state index in [1.807, 2.05) is 4.90 Å². The van der Waals surface area contributed by atoms with E-state index in [9.17, 15) is 15.0 Å². The number of halogens is 1. The highest BCUT2D eigenvalue weighted by atomic mass is 35.5. The Morgan fingerprint density at radius 2 is 1.85 bits per heavy atom. The third-order valence-electron chi connectivity index (χ3n) is 4.27. The molecule has 27 heavy (non-hydrogen) atoms. The smallest absolute Gasteiger partial charge is 0.354 e. The van der Waals surface area contributed by atoms with Crippen molar-refractivity contribution in [3.8, 4) is 17.0 Å². The number of pyridine rings is 1. The molecule has 3 aromatic rings. The SMILES string of the molecule is O=C(O)c1cc(Cl)c2nc(N3CCOCC3)nc(-c3ccccc3O)c2n1. The van der Waals surface area contributed by atoms with Crippen molar-refractivity contribution < 1.29 is 19.7 Å². The fraction of sp³-hybridized carbons (Fsp3) is 0.222. The van der Waals surface area contributed by atoms with Crippen LogP contribution in [0.25, 0.3) is 22.3 Å². The molecular formula is C18H15ClN4O4. The molecule has 2 N–H and O–H groups in total. The molecule has 1 fully saturated rings. The van der Waals surface area contributed by atoms with E-state index in [1.165, 1.54) is 12.1 Å². The van der Waals surface area contributed by atoms with Gasteiger partial charge in [-0.15, -0.1) is 0 Å². The molecule has 3 heterocycles. The Morgan fingerprint density at radius 1 is 1.11 bits per heavy atom. The Hall–Kier alpha value is -2.97. The third kappa shape index (κ3) is 3.24. The summed E-state index contributed by atoms with van der Waals surface area (Å²) in [4.78, 5) is 26.6. The molecular weight excluding hydrogens is 372 g/mol. The monoisotopic (exact) mass is 386 g/mol. The van der Waals surface area contributed by atoms with Gasteiger partial charge in [0.15, 0.2) is 5.69 Å². The van der Waals surface area contributed by atoms with Crippen LogP contribution in [0.4, 0.5) is 5.95 Å². The van der Waals surface area contributed by atoms with Crippen LogP contribution in [0.5, 0.6) is 5.75 Å². The number of carboxylic acid groups (broad SMARTS) is 1. The van der Waals surface area contributed by atoms with Gasteiger partial charge in [-0.05, 0) is 18.2 Å². The molecule has 0 bridgehead atoms. The lowest BCUT2D eigenvalue weighted by Crippen LogP contribution is -2.37. The molecule has 0 saturated carbocycles. The van der Waals surface area contributed by atoms with Gasteiger partial charge in [-0.3, -0.25) is 0 Å². The summed E-state index contributed by atoms with van der Waals surface area (Å²) in [6, 6.07) is 7.91. The summed E-state index contributed by atoms with van der Waals surface area (Å²) < 4.78 is 5.37.